The lowest BCUT2D eigenvalue weighted by Crippen LogP contribution is -2.52. The first-order valence-electron chi connectivity index (χ1n) is 7.94. The summed E-state index contributed by atoms with van der Waals surface area (Å²) in [4.78, 5) is 12.5. The Labute approximate surface area is 138 Å². The molecule has 1 amide bonds. The zero-order valence-corrected chi connectivity index (χ0v) is 13.7. The second-order valence-corrected chi connectivity index (χ2v) is 6.34. The van der Waals surface area contributed by atoms with Crippen LogP contribution in [-0.4, -0.2) is 24.6 Å². The van der Waals surface area contributed by atoms with Gasteiger partial charge in [-0.25, -0.2) is 0 Å². The molecule has 0 radical (unpaired) electrons. The highest BCUT2D eigenvalue weighted by atomic mass is 35.5. The number of carbonyl (C=O) groups excluding carboxylic acids is 1. The van der Waals surface area contributed by atoms with Crippen LogP contribution < -0.4 is 11.1 Å². The predicted octanol–water partition coefficient (Wildman–Crippen LogP) is 2.50. The third kappa shape index (κ3) is 3.80. The van der Waals surface area contributed by atoms with Gasteiger partial charge < -0.3 is 15.8 Å². The van der Waals surface area contributed by atoms with Gasteiger partial charge in [0.2, 0.25) is 0 Å². The van der Waals surface area contributed by atoms with Crippen molar-refractivity contribution in [1.82, 2.24) is 5.32 Å². The van der Waals surface area contributed by atoms with Crippen LogP contribution in [0.2, 0.25) is 0 Å². The molecule has 3 rings (SSSR count). The van der Waals surface area contributed by atoms with Crippen molar-refractivity contribution < 1.29 is 9.53 Å². The summed E-state index contributed by atoms with van der Waals surface area (Å²) in [6.07, 6.45) is 5.96. The summed E-state index contributed by atoms with van der Waals surface area (Å²) in [5.41, 5.74) is 8.35. The van der Waals surface area contributed by atoms with E-state index in [1.54, 1.807) is 0 Å². The van der Waals surface area contributed by atoms with Crippen molar-refractivity contribution in [3.8, 4) is 0 Å². The summed E-state index contributed by atoms with van der Waals surface area (Å²) in [5, 5.41) is 3.01. The third-order valence-electron chi connectivity index (χ3n) is 4.70. The van der Waals surface area contributed by atoms with E-state index in [-0.39, 0.29) is 23.9 Å². The quantitative estimate of drug-likeness (QED) is 0.898. The molecule has 0 saturated heterocycles. The van der Waals surface area contributed by atoms with Crippen LogP contribution in [-0.2, 0) is 16.0 Å². The van der Waals surface area contributed by atoms with E-state index in [0.29, 0.717) is 13.2 Å². The summed E-state index contributed by atoms with van der Waals surface area (Å²) < 4.78 is 5.69. The molecule has 0 spiro atoms. The molecule has 4 nitrogen and oxygen atoms in total. The van der Waals surface area contributed by atoms with Gasteiger partial charge in [0.15, 0.2) is 6.10 Å². The Morgan fingerprint density at radius 2 is 2.00 bits per heavy atom. The summed E-state index contributed by atoms with van der Waals surface area (Å²) in [5.74, 6) is -0.0578. The van der Waals surface area contributed by atoms with Crippen molar-refractivity contribution in [3.63, 3.8) is 0 Å². The van der Waals surface area contributed by atoms with Gasteiger partial charge in [-0.15, -0.1) is 12.4 Å². The molecule has 1 fully saturated rings. The van der Waals surface area contributed by atoms with Gasteiger partial charge in [-0.2, -0.15) is 0 Å². The van der Waals surface area contributed by atoms with Crippen LogP contribution in [0.4, 0.5) is 0 Å². The molecule has 1 heterocycles. The van der Waals surface area contributed by atoms with Crippen LogP contribution in [0.25, 0.3) is 0 Å². The number of rotatable bonds is 3. The van der Waals surface area contributed by atoms with Crippen LogP contribution in [0.3, 0.4) is 0 Å². The van der Waals surface area contributed by atoms with Crippen molar-refractivity contribution in [1.29, 1.82) is 0 Å². The molecule has 2 aliphatic rings. The molecule has 1 unspecified atom stereocenters. The smallest absolute Gasteiger partial charge is 0.253 e. The maximum Gasteiger partial charge on any atom is 0.253 e. The van der Waals surface area contributed by atoms with Crippen molar-refractivity contribution in [2.24, 2.45) is 5.73 Å². The highest BCUT2D eigenvalue weighted by molar-refractivity contribution is 5.85. The van der Waals surface area contributed by atoms with Gasteiger partial charge in [0.25, 0.3) is 5.91 Å². The minimum Gasteiger partial charge on any atom is -0.363 e. The molecule has 3 N–H and O–H groups in total. The lowest BCUT2D eigenvalue weighted by molar-refractivity contribution is -0.134. The average molecular weight is 325 g/mol. The van der Waals surface area contributed by atoms with E-state index >= 15 is 0 Å². The Morgan fingerprint density at radius 3 is 2.77 bits per heavy atom. The minimum absolute atomic E-state index is 0. The van der Waals surface area contributed by atoms with Crippen LogP contribution >= 0.6 is 12.4 Å². The molecule has 1 saturated carbocycles. The Morgan fingerprint density at radius 1 is 1.27 bits per heavy atom. The molecule has 1 aromatic rings. The number of hydrogen-bond donors (Lipinski definition) is 2. The van der Waals surface area contributed by atoms with Gasteiger partial charge in [0.05, 0.1) is 6.61 Å². The number of ether oxygens (including phenoxy) is 1. The number of amides is 1. The molecule has 0 bridgehead atoms. The van der Waals surface area contributed by atoms with Crippen LogP contribution in [0, 0.1) is 0 Å². The van der Waals surface area contributed by atoms with Gasteiger partial charge >= 0.3 is 0 Å². The van der Waals surface area contributed by atoms with E-state index in [2.05, 4.69) is 11.4 Å². The fraction of sp³-hybridized carbons (Fsp3) is 0.588. The number of benzene rings is 1. The minimum atomic E-state index is -0.484. The number of nitrogens with two attached hydrogens (primary N) is 1. The number of fused-ring (bicyclic) bond motifs is 1. The molecule has 1 aliphatic carbocycles. The fourth-order valence-corrected chi connectivity index (χ4v) is 3.40. The average Bonchev–Trinajstić information content (AvgIpc) is 2.53. The normalized spacial score (nSPS) is 23.0. The molecule has 0 aromatic heterocycles. The first kappa shape index (κ1) is 17.3. The van der Waals surface area contributed by atoms with E-state index in [1.807, 2.05) is 18.2 Å². The molecule has 22 heavy (non-hydrogen) atoms. The van der Waals surface area contributed by atoms with Crippen molar-refractivity contribution in [3.05, 3.63) is 35.4 Å². The van der Waals surface area contributed by atoms with Crippen LogP contribution in [0.15, 0.2) is 24.3 Å². The first-order valence-corrected chi connectivity index (χ1v) is 7.94. The van der Waals surface area contributed by atoms with E-state index in [0.717, 1.165) is 37.7 Å². The molecule has 5 heteroatoms. The lowest BCUT2D eigenvalue weighted by Gasteiger charge is -2.34. The van der Waals surface area contributed by atoms with Gasteiger partial charge in [-0.1, -0.05) is 43.5 Å². The number of halogens is 1. The van der Waals surface area contributed by atoms with E-state index in [4.69, 9.17) is 10.5 Å². The fourth-order valence-electron chi connectivity index (χ4n) is 3.40. The molecular formula is C17H25ClN2O2. The van der Waals surface area contributed by atoms with E-state index in [9.17, 15) is 4.79 Å². The predicted molar refractivity (Wildman–Crippen MR) is 89.1 cm³/mol. The summed E-state index contributed by atoms with van der Waals surface area (Å²) >= 11 is 0. The van der Waals surface area contributed by atoms with Gasteiger partial charge in [0, 0.05) is 12.1 Å². The van der Waals surface area contributed by atoms with Crippen molar-refractivity contribution >= 4 is 18.3 Å². The third-order valence-corrected chi connectivity index (χ3v) is 4.70. The zero-order chi connectivity index (χ0) is 14.7. The van der Waals surface area contributed by atoms with Crippen molar-refractivity contribution in [2.45, 2.75) is 50.2 Å². The van der Waals surface area contributed by atoms with E-state index in [1.165, 1.54) is 12.0 Å². The van der Waals surface area contributed by atoms with Crippen LogP contribution in [0.5, 0.6) is 0 Å². The molecule has 1 aromatic carbocycles. The number of nitrogens with one attached hydrogen (secondary N) is 1. The molecular weight excluding hydrogens is 300 g/mol. The van der Waals surface area contributed by atoms with Gasteiger partial charge in [0.1, 0.15) is 0 Å². The summed E-state index contributed by atoms with van der Waals surface area (Å²) in [6.45, 7) is 1.15. The highest BCUT2D eigenvalue weighted by Gasteiger charge is 2.31. The first-order chi connectivity index (χ1) is 10.2. The molecule has 1 atom stereocenters. The maximum atomic E-state index is 12.5. The zero-order valence-electron chi connectivity index (χ0n) is 12.8. The Hall–Kier alpha value is -1.10. The Kier molecular flexibility index (Phi) is 5.84. The molecule has 122 valence electrons. The Bertz CT molecular complexity index is 515. The number of hydrogen-bond acceptors (Lipinski definition) is 3. The largest absolute Gasteiger partial charge is 0.363 e. The standard InChI is InChI=1S/C17H24N2O2.ClH/c18-17(9-4-1-5-10-17)12-19-16(20)15-14-7-3-2-6-13(14)8-11-21-15;/h2-3,6-7,15H,1,4-5,8-12,18H2,(H,19,20);1H. The van der Waals surface area contributed by atoms with E-state index < -0.39 is 6.10 Å². The SMILES string of the molecule is Cl.NC1(CNC(=O)C2OCCc3ccccc32)CCCCC1. The molecule has 1 aliphatic heterocycles. The summed E-state index contributed by atoms with van der Waals surface area (Å²) in [7, 11) is 0. The topological polar surface area (TPSA) is 64.3 Å². The van der Waals surface area contributed by atoms with Crippen LogP contribution in [0.1, 0.15) is 49.3 Å². The number of carbonyl (C=O) groups is 1. The highest BCUT2D eigenvalue weighted by Crippen LogP contribution is 2.28. The monoisotopic (exact) mass is 324 g/mol. The second-order valence-electron chi connectivity index (χ2n) is 6.34. The Balaban J connectivity index is 0.00000176. The van der Waals surface area contributed by atoms with Gasteiger partial charge in [-0.05, 0) is 30.4 Å². The lowest BCUT2D eigenvalue weighted by atomic mass is 9.82. The van der Waals surface area contributed by atoms with Gasteiger partial charge in [-0.3, -0.25) is 4.79 Å². The maximum absolute atomic E-state index is 12.5. The summed E-state index contributed by atoms with van der Waals surface area (Å²) in [6, 6.07) is 8.02. The van der Waals surface area contributed by atoms with Crippen molar-refractivity contribution in [2.75, 3.05) is 13.2 Å². The second kappa shape index (κ2) is 7.44.